The highest BCUT2D eigenvalue weighted by molar-refractivity contribution is 4.75. The van der Waals surface area contributed by atoms with E-state index in [1.54, 1.807) is 0 Å². The van der Waals surface area contributed by atoms with Crippen LogP contribution in [0.5, 0.6) is 0 Å². The third-order valence-electron chi connectivity index (χ3n) is 1.64. The fourth-order valence-electron chi connectivity index (χ4n) is 0.898. The molecule has 0 unspecified atom stereocenters. The molecule has 0 aliphatic rings. The summed E-state index contributed by atoms with van der Waals surface area (Å²) in [7, 11) is 0. The lowest BCUT2D eigenvalue weighted by Gasteiger charge is -2.05. The van der Waals surface area contributed by atoms with Crippen molar-refractivity contribution in [3.8, 4) is 0 Å². The van der Waals surface area contributed by atoms with Crippen molar-refractivity contribution in [2.45, 2.75) is 6.92 Å². The van der Waals surface area contributed by atoms with E-state index in [0.717, 1.165) is 26.2 Å². The first-order valence-corrected chi connectivity index (χ1v) is 5.13. The number of hydrogen-bond acceptors (Lipinski definition) is 4. The second-order valence-corrected chi connectivity index (χ2v) is 2.87. The topological polar surface area (TPSA) is 53.5 Å². The van der Waals surface area contributed by atoms with Crippen LogP contribution in [0.1, 0.15) is 6.92 Å². The van der Waals surface area contributed by atoms with Crippen molar-refractivity contribution in [2.75, 3.05) is 46.0 Å². The van der Waals surface area contributed by atoms with Crippen molar-refractivity contribution in [1.29, 1.82) is 0 Å². The zero-order valence-corrected chi connectivity index (χ0v) is 8.96. The standard InChI is InChI=1S/C10H22N2O2/c1-2-3-9-14-10-7-12-5-4-11-6-8-13/h2-3,11-13H,4-10H2,1H3/b3-2+. The van der Waals surface area contributed by atoms with Gasteiger partial charge in [0.15, 0.2) is 0 Å². The Morgan fingerprint density at radius 2 is 1.86 bits per heavy atom. The minimum Gasteiger partial charge on any atom is -0.395 e. The molecule has 3 N–H and O–H groups in total. The van der Waals surface area contributed by atoms with Crippen LogP contribution in [-0.4, -0.2) is 51.1 Å². The average molecular weight is 202 g/mol. The Labute approximate surface area is 86.3 Å². The third-order valence-corrected chi connectivity index (χ3v) is 1.64. The van der Waals surface area contributed by atoms with Crippen molar-refractivity contribution in [3.05, 3.63) is 12.2 Å². The summed E-state index contributed by atoms with van der Waals surface area (Å²) in [5.74, 6) is 0. The van der Waals surface area contributed by atoms with Gasteiger partial charge in [0.25, 0.3) is 0 Å². The molecule has 0 rings (SSSR count). The molecule has 0 spiro atoms. The molecule has 0 aromatic heterocycles. The van der Waals surface area contributed by atoms with Gasteiger partial charge in [-0.2, -0.15) is 0 Å². The third kappa shape index (κ3) is 11.6. The molecule has 84 valence electrons. The van der Waals surface area contributed by atoms with E-state index in [2.05, 4.69) is 10.6 Å². The molecule has 0 heterocycles. The normalized spacial score (nSPS) is 11.3. The number of aliphatic hydroxyl groups is 1. The predicted octanol–water partition coefficient (Wildman–Crippen LogP) is -0.249. The number of aliphatic hydroxyl groups excluding tert-OH is 1. The Balaban J connectivity index is 2.85. The Kier molecular flexibility index (Phi) is 12.2. The summed E-state index contributed by atoms with van der Waals surface area (Å²) >= 11 is 0. The smallest absolute Gasteiger partial charge is 0.0647 e. The van der Waals surface area contributed by atoms with Crippen LogP contribution in [0.25, 0.3) is 0 Å². The first-order chi connectivity index (χ1) is 6.91. The van der Waals surface area contributed by atoms with E-state index in [1.807, 2.05) is 19.1 Å². The van der Waals surface area contributed by atoms with Gasteiger partial charge in [0.2, 0.25) is 0 Å². The van der Waals surface area contributed by atoms with Gasteiger partial charge in [0, 0.05) is 26.2 Å². The first-order valence-electron chi connectivity index (χ1n) is 5.13. The van der Waals surface area contributed by atoms with Crippen molar-refractivity contribution >= 4 is 0 Å². The van der Waals surface area contributed by atoms with Gasteiger partial charge in [-0.15, -0.1) is 0 Å². The maximum Gasteiger partial charge on any atom is 0.0647 e. The summed E-state index contributed by atoms with van der Waals surface area (Å²) < 4.78 is 5.29. The van der Waals surface area contributed by atoms with Crippen LogP contribution >= 0.6 is 0 Å². The molecule has 0 amide bonds. The van der Waals surface area contributed by atoms with E-state index in [4.69, 9.17) is 9.84 Å². The van der Waals surface area contributed by atoms with Crippen molar-refractivity contribution in [1.82, 2.24) is 10.6 Å². The molecule has 0 saturated heterocycles. The summed E-state index contributed by atoms with van der Waals surface area (Å²) in [6, 6.07) is 0. The molecule has 0 saturated carbocycles. The Morgan fingerprint density at radius 3 is 2.50 bits per heavy atom. The minimum atomic E-state index is 0.201. The monoisotopic (exact) mass is 202 g/mol. The van der Waals surface area contributed by atoms with Crippen LogP contribution < -0.4 is 10.6 Å². The molecule has 0 aliphatic heterocycles. The van der Waals surface area contributed by atoms with E-state index in [-0.39, 0.29) is 6.61 Å². The number of allylic oxidation sites excluding steroid dienone is 1. The fraction of sp³-hybridized carbons (Fsp3) is 0.800. The molecule has 0 radical (unpaired) electrons. The molecule has 0 atom stereocenters. The molecule has 0 bridgehead atoms. The van der Waals surface area contributed by atoms with Gasteiger partial charge in [-0.25, -0.2) is 0 Å². The van der Waals surface area contributed by atoms with Gasteiger partial charge in [-0.1, -0.05) is 12.2 Å². The molecule has 4 heteroatoms. The minimum absolute atomic E-state index is 0.201. The van der Waals surface area contributed by atoms with E-state index in [1.165, 1.54) is 0 Å². The molecular weight excluding hydrogens is 180 g/mol. The maximum atomic E-state index is 8.48. The highest BCUT2D eigenvalue weighted by Crippen LogP contribution is 1.75. The summed E-state index contributed by atoms with van der Waals surface area (Å²) in [5.41, 5.74) is 0. The van der Waals surface area contributed by atoms with Crippen LogP contribution in [0.3, 0.4) is 0 Å². The van der Waals surface area contributed by atoms with Crippen molar-refractivity contribution < 1.29 is 9.84 Å². The van der Waals surface area contributed by atoms with Gasteiger partial charge >= 0.3 is 0 Å². The van der Waals surface area contributed by atoms with E-state index < -0.39 is 0 Å². The largest absolute Gasteiger partial charge is 0.395 e. The predicted molar refractivity (Wildman–Crippen MR) is 58.5 cm³/mol. The van der Waals surface area contributed by atoms with Gasteiger partial charge in [0.05, 0.1) is 19.8 Å². The van der Waals surface area contributed by atoms with Gasteiger partial charge in [-0.05, 0) is 6.92 Å². The second kappa shape index (κ2) is 12.6. The van der Waals surface area contributed by atoms with Crippen LogP contribution in [-0.2, 0) is 4.74 Å². The molecule has 0 aromatic carbocycles. The maximum absolute atomic E-state index is 8.48. The van der Waals surface area contributed by atoms with Crippen LogP contribution in [0, 0.1) is 0 Å². The van der Waals surface area contributed by atoms with Gasteiger partial charge in [-0.3, -0.25) is 0 Å². The molecule has 4 nitrogen and oxygen atoms in total. The molecule has 0 aliphatic carbocycles. The summed E-state index contributed by atoms with van der Waals surface area (Å²) in [6.07, 6.45) is 3.97. The first kappa shape index (κ1) is 13.6. The fourth-order valence-corrected chi connectivity index (χ4v) is 0.898. The van der Waals surface area contributed by atoms with Crippen molar-refractivity contribution in [3.63, 3.8) is 0 Å². The van der Waals surface area contributed by atoms with E-state index >= 15 is 0 Å². The lowest BCUT2D eigenvalue weighted by atomic mass is 10.5. The second-order valence-electron chi connectivity index (χ2n) is 2.87. The van der Waals surface area contributed by atoms with Gasteiger partial charge in [0.1, 0.15) is 0 Å². The lowest BCUT2D eigenvalue weighted by molar-refractivity contribution is 0.164. The lowest BCUT2D eigenvalue weighted by Crippen LogP contribution is -2.30. The number of nitrogens with one attached hydrogen (secondary N) is 2. The van der Waals surface area contributed by atoms with E-state index in [0.29, 0.717) is 13.2 Å². The summed E-state index contributed by atoms with van der Waals surface area (Å²) in [4.78, 5) is 0. The highest BCUT2D eigenvalue weighted by Gasteiger charge is 1.87. The van der Waals surface area contributed by atoms with Crippen molar-refractivity contribution in [2.24, 2.45) is 0 Å². The zero-order chi connectivity index (χ0) is 10.5. The highest BCUT2D eigenvalue weighted by atomic mass is 16.5. The number of ether oxygens (including phenoxy) is 1. The Morgan fingerprint density at radius 1 is 1.14 bits per heavy atom. The Bertz CT molecular complexity index is 129. The quantitative estimate of drug-likeness (QED) is 0.338. The van der Waals surface area contributed by atoms with E-state index in [9.17, 15) is 0 Å². The molecule has 14 heavy (non-hydrogen) atoms. The number of rotatable bonds is 10. The average Bonchev–Trinajstić information content (AvgIpc) is 2.21. The van der Waals surface area contributed by atoms with Crippen LogP contribution in [0.4, 0.5) is 0 Å². The van der Waals surface area contributed by atoms with Crippen LogP contribution in [0.15, 0.2) is 12.2 Å². The Hall–Kier alpha value is -0.420. The summed E-state index contributed by atoms with van der Waals surface area (Å²) in [6.45, 7) is 6.95. The van der Waals surface area contributed by atoms with Crippen LogP contribution in [0.2, 0.25) is 0 Å². The zero-order valence-electron chi connectivity index (χ0n) is 8.96. The summed E-state index contributed by atoms with van der Waals surface area (Å²) in [5, 5.41) is 14.8. The molecule has 0 aromatic rings. The number of hydrogen-bond donors (Lipinski definition) is 3. The molecule has 0 fully saturated rings. The molecular formula is C10H22N2O2. The van der Waals surface area contributed by atoms with Gasteiger partial charge < -0.3 is 20.5 Å². The SMILES string of the molecule is C/C=C/COCCNCCNCCO.